The molecule has 0 spiro atoms. The molecule has 0 aromatic rings. The number of fused-ring (bicyclic) bond motifs is 1. The van der Waals surface area contributed by atoms with E-state index in [1.54, 1.807) is 4.90 Å². The summed E-state index contributed by atoms with van der Waals surface area (Å²) in [5, 5.41) is 21.1. The van der Waals surface area contributed by atoms with Gasteiger partial charge >= 0.3 is 0 Å². The first-order chi connectivity index (χ1) is 13.2. The van der Waals surface area contributed by atoms with Gasteiger partial charge in [-0.1, -0.05) is 50.0 Å². The highest BCUT2D eigenvalue weighted by atomic mass is 16.3. The third kappa shape index (κ3) is 6.73. The molecule has 0 bridgehead atoms. The second-order valence-corrected chi connectivity index (χ2v) is 9.41. The molecule has 0 aromatic heterocycles. The molecule has 28 heavy (non-hydrogen) atoms. The number of hydrogen-bond acceptors (Lipinski definition) is 3. The lowest BCUT2D eigenvalue weighted by Crippen LogP contribution is -2.23. The van der Waals surface area contributed by atoms with Crippen molar-refractivity contribution in [2.45, 2.75) is 89.8 Å². The number of amides is 1. The monoisotopic (exact) mass is 391 g/mol. The Morgan fingerprint density at radius 1 is 1.29 bits per heavy atom. The average molecular weight is 392 g/mol. The molecule has 2 N–H and O–H groups in total. The van der Waals surface area contributed by atoms with Gasteiger partial charge < -0.3 is 15.1 Å². The quantitative estimate of drug-likeness (QED) is 0.404. The normalized spacial score (nSPS) is 29.0. The molecule has 0 saturated heterocycles. The van der Waals surface area contributed by atoms with Crippen molar-refractivity contribution in [2.75, 3.05) is 14.1 Å². The molecular weight excluding hydrogens is 350 g/mol. The Bertz CT molecular complexity index is 564. The van der Waals surface area contributed by atoms with Crippen molar-refractivity contribution in [3.63, 3.8) is 0 Å². The average Bonchev–Trinajstić information content (AvgIpc) is 3.13. The number of nitrogens with zero attached hydrogens (tertiary/aromatic N) is 1. The molecule has 0 aromatic carbocycles. The highest BCUT2D eigenvalue weighted by Gasteiger charge is 2.43. The first kappa shape index (κ1) is 23.2. The predicted octanol–water partition coefficient (Wildman–Crippen LogP) is 4.47. The maximum Gasteiger partial charge on any atom is 0.222 e. The van der Waals surface area contributed by atoms with E-state index in [-0.39, 0.29) is 17.9 Å². The van der Waals surface area contributed by atoms with Crippen LogP contribution in [0.3, 0.4) is 0 Å². The number of hydrogen-bond donors (Lipinski definition) is 2. The summed E-state index contributed by atoms with van der Waals surface area (Å²) in [6.07, 6.45) is 15.8. The number of carbonyl (C=O) groups is 1. The minimum absolute atomic E-state index is 0.145. The van der Waals surface area contributed by atoms with Gasteiger partial charge in [-0.15, -0.1) is 0 Å². The molecule has 2 rings (SSSR count). The van der Waals surface area contributed by atoms with Gasteiger partial charge in [-0.05, 0) is 57.3 Å². The van der Waals surface area contributed by atoms with Crippen LogP contribution in [0.5, 0.6) is 0 Å². The third-order valence-corrected chi connectivity index (χ3v) is 6.55. The number of unbranched alkanes of at least 4 members (excludes halogenated alkanes) is 3. The first-order valence-electron chi connectivity index (χ1n) is 11.2. The number of rotatable bonds is 11. The molecule has 5 atom stereocenters. The molecule has 0 aliphatic heterocycles. The fraction of sp³-hybridized carbons (Fsp3) is 0.792. The molecular formula is C24H41NO3. The van der Waals surface area contributed by atoms with E-state index in [0.29, 0.717) is 18.3 Å². The fourth-order valence-corrected chi connectivity index (χ4v) is 4.78. The van der Waals surface area contributed by atoms with Crippen LogP contribution < -0.4 is 0 Å². The first-order valence-corrected chi connectivity index (χ1v) is 11.2. The van der Waals surface area contributed by atoms with Crippen molar-refractivity contribution in [3.8, 4) is 0 Å². The van der Waals surface area contributed by atoms with Crippen LogP contribution in [-0.4, -0.2) is 46.8 Å². The highest BCUT2D eigenvalue weighted by Crippen LogP contribution is 2.48. The second kappa shape index (κ2) is 10.6. The van der Waals surface area contributed by atoms with Crippen molar-refractivity contribution in [1.82, 2.24) is 4.90 Å². The molecule has 0 radical (unpaired) electrons. The van der Waals surface area contributed by atoms with E-state index in [2.05, 4.69) is 19.1 Å². The summed E-state index contributed by atoms with van der Waals surface area (Å²) in [6, 6.07) is 0. The number of allylic oxidation sites excluding steroid dienone is 2. The van der Waals surface area contributed by atoms with Gasteiger partial charge in [0.1, 0.15) is 0 Å². The van der Waals surface area contributed by atoms with E-state index in [0.717, 1.165) is 57.8 Å². The van der Waals surface area contributed by atoms with E-state index >= 15 is 0 Å². The SMILES string of the molecule is CCCCC[C@](C)(O)C=C[C@@H]1[C@H]2CC(CCCCC(=O)N(C)C)=C[C@H]2C[C@H]1O. The van der Waals surface area contributed by atoms with Crippen LogP contribution in [0, 0.1) is 17.8 Å². The minimum Gasteiger partial charge on any atom is -0.392 e. The number of aliphatic hydroxyl groups excluding tert-OH is 1. The summed E-state index contributed by atoms with van der Waals surface area (Å²) in [6.45, 7) is 4.05. The molecule has 1 amide bonds. The van der Waals surface area contributed by atoms with Gasteiger partial charge in [0.15, 0.2) is 0 Å². The summed E-state index contributed by atoms with van der Waals surface area (Å²) in [4.78, 5) is 13.3. The van der Waals surface area contributed by atoms with Gasteiger partial charge in [0.05, 0.1) is 11.7 Å². The Hall–Kier alpha value is -1.13. The smallest absolute Gasteiger partial charge is 0.222 e. The zero-order valence-electron chi connectivity index (χ0n) is 18.4. The summed E-state index contributed by atoms with van der Waals surface area (Å²) >= 11 is 0. The van der Waals surface area contributed by atoms with Gasteiger partial charge in [0.2, 0.25) is 5.91 Å². The van der Waals surface area contributed by atoms with Crippen LogP contribution in [0.15, 0.2) is 23.8 Å². The van der Waals surface area contributed by atoms with Crippen LogP contribution in [0.25, 0.3) is 0 Å². The second-order valence-electron chi connectivity index (χ2n) is 9.41. The standard InChI is InChI=1S/C24H41NO3/c1-5-6-9-13-24(2,28)14-12-20-21-16-18(15-19(21)17-22(20)26)10-7-8-11-23(27)25(3)4/h12,14-15,19-22,26,28H,5-11,13,16-17H2,1-4H3/t19-,20+,21-,22+,24-/m0/s1. The van der Waals surface area contributed by atoms with Gasteiger partial charge in [-0.3, -0.25) is 4.79 Å². The van der Waals surface area contributed by atoms with Crippen LogP contribution in [-0.2, 0) is 4.79 Å². The molecule has 160 valence electrons. The summed E-state index contributed by atoms with van der Waals surface area (Å²) < 4.78 is 0. The fourth-order valence-electron chi connectivity index (χ4n) is 4.78. The lowest BCUT2D eigenvalue weighted by molar-refractivity contribution is -0.128. The number of carbonyl (C=O) groups excluding carboxylic acids is 1. The predicted molar refractivity (Wildman–Crippen MR) is 115 cm³/mol. The van der Waals surface area contributed by atoms with E-state index < -0.39 is 5.60 Å². The summed E-state index contributed by atoms with van der Waals surface area (Å²) in [5.41, 5.74) is 0.716. The van der Waals surface area contributed by atoms with Crippen LogP contribution in [0.1, 0.15) is 78.1 Å². The molecule has 2 aliphatic rings. The molecule has 1 fully saturated rings. The topological polar surface area (TPSA) is 60.8 Å². The molecule has 0 unspecified atom stereocenters. The maximum atomic E-state index is 11.7. The summed E-state index contributed by atoms with van der Waals surface area (Å²) in [5.74, 6) is 1.28. The zero-order valence-corrected chi connectivity index (χ0v) is 18.4. The Morgan fingerprint density at radius 3 is 2.71 bits per heavy atom. The number of aliphatic hydroxyl groups is 2. The van der Waals surface area contributed by atoms with Crippen molar-refractivity contribution < 1.29 is 15.0 Å². The van der Waals surface area contributed by atoms with Crippen molar-refractivity contribution in [2.24, 2.45) is 17.8 Å². The highest BCUT2D eigenvalue weighted by molar-refractivity contribution is 5.75. The Labute approximate surface area is 171 Å². The van der Waals surface area contributed by atoms with Crippen LogP contribution >= 0.6 is 0 Å². The van der Waals surface area contributed by atoms with E-state index in [4.69, 9.17) is 0 Å². The minimum atomic E-state index is -0.777. The molecule has 2 aliphatic carbocycles. The van der Waals surface area contributed by atoms with Crippen LogP contribution in [0.2, 0.25) is 0 Å². The zero-order chi connectivity index (χ0) is 20.7. The molecule has 4 nitrogen and oxygen atoms in total. The van der Waals surface area contributed by atoms with E-state index in [1.807, 2.05) is 27.1 Å². The van der Waals surface area contributed by atoms with Crippen LogP contribution in [0.4, 0.5) is 0 Å². The van der Waals surface area contributed by atoms with Gasteiger partial charge in [-0.25, -0.2) is 0 Å². The Kier molecular flexibility index (Phi) is 8.76. The van der Waals surface area contributed by atoms with E-state index in [9.17, 15) is 15.0 Å². The van der Waals surface area contributed by atoms with Crippen molar-refractivity contribution in [3.05, 3.63) is 23.8 Å². The molecule has 1 saturated carbocycles. The molecule has 0 heterocycles. The van der Waals surface area contributed by atoms with Crippen molar-refractivity contribution >= 4 is 5.91 Å². The summed E-state index contributed by atoms with van der Waals surface area (Å²) in [7, 11) is 3.62. The lowest BCUT2D eigenvalue weighted by atomic mass is 9.87. The third-order valence-electron chi connectivity index (χ3n) is 6.55. The molecule has 4 heteroatoms. The van der Waals surface area contributed by atoms with E-state index in [1.165, 1.54) is 5.57 Å². The van der Waals surface area contributed by atoms with Gasteiger partial charge in [0, 0.05) is 26.4 Å². The maximum absolute atomic E-state index is 11.7. The Morgan fingerprint density at radius 2 is 2.04 bits per heavy atom. The van der Waals surface area contributed by atoms with Gasteiger partial charge in [-0.2, -0.15) is 0 Å². The van der Waals surface area contributed by atoms with Gasteiger partial charge in [0.25, 0.3) is 0 Å². The van der Waals surface area contributed by atoms with Crippen molar-refractivity contribution in [1.29, 1.82) is 0 Å². The Balaban J connectivity index is 1.81. The lowest BCUT2D eigenvalue weighted by Gasteiger charge is -2.22. The largest absolute Gasteiger partial charge is 0.392 e.